The first-order chi connectivity index (χ1) is 12.8. The van der Waals surface area contributed by atoms with Gasteiger partial charge in [-0.15, -0.1) is 0 Å². The predicted octanol–water partition coefficient (Wildman–Crippen LogP) is 3.15. The maximum absolute atomic E-state index is 12.6. The summed E-state index contributed by atoms with van der Waals surface area (Å²) in [6, 6.07) is 11.8. The Kier molecular flexibility index (Phi) is 5.48. The van der Waals surface area contributed by atoms with Gasteiger partial charge in [0.15, 0.2) is 0 Å². The number of nitrogens with one attached hydrogen (secondary N) is 1. The highest BCUT2D eigenvalue weighted by atomic mass is 32.2. The summed E-state index contributed by atoms with van der Waals surface area (Å²) in [7, 11) is -7.03. The average molecular weight is 409 g/mol. The summed E-state index contributed by atoms with van der Waals surface area (Å²) in [5.74, 6) is 0.0363. The lowest BCUT2D eigenvalue weighted by Gasteiger charge is -2.30. The van der Waals surface area contributed by atoms with Crippen LogP contribution in [0.5, 0.6) is 0 Å². The van der Waals surface area contributed by atoms with Crippen molar-refractivity contribution in [3.05, 3.63) is 53.6 Å². The molecule has 1 aliphatic rings. The monoisotopic (exact) mass is 408 g/mol. The summed E-state index contributed by atoms with van der Waals surface area (Å²) in [6.45, 7) is 4.09. The maximum atomic E-state index is 12.6. The van der Waals surface area contributed by atoms with Crippen molar-refractivity contribution in [1.29, 1.82) is 0 Å². The average Bonchev–Trinajstić information content (AvgIpc) is 2.67. The van der Waals surface area contributed by atoms with E-state index in [0.717, 1.165) is 17.5 Å². The van der Waals surface area contributed by atoms with Crippen molar-refractivity contribution < 1.29 is 16.8 Å². The van der Waals surface area contributed by atoms with E-state index >= 15 is 0 Å². The molecule has 0 bridgehead atoms. The van der Waals surface area contributed by atoms with E-state index in [9.17, 15) is 16.8 Å². The van der Waals surface area contributed by atoms with Crippen LogP contribution < -0.4 is 9.03 Å². The van der Waals surface area contributed by atoms with Crippen molar-refractivity contribution in [3.63, 3.8) is 0 Å². The third-order valence-electron chi connectivity index (χ3n) is 4.75. The zero-order valence-corrected chi connectivity index (χ0v) is 17.1. The van der Waals surface area contributed by atoms with E-state index in [1.165, 1.54) is 4.31 Å². The van der Waals surface area contributed by atoms with Gasteiger partial charge in [0, 0.05) is 12.2 Å². The molecule has 0 saturated carbocycles. The van der Waals surface area contributed by atoms with Gasteiger partial charge in [0.05, 0.1) is 16.3 Å². The highest BCUT2D eigenvalue weighted by Crippen LogP contribution is 2.32. The SMILES string of the molecule is CCc1ccc(S(=O)(=O)Nc2ccc3c(c2)CCCN3S(=O)(=O)CC)cc1. The van der Waals surface area contributed by atoms with Crippen molar-refractivity contribution >= 4 is 31.4 Å². The van der Waals surface area contributed by atoms with Crippen LogP contribution >= 0.6 is 0 Å². The van der Waals surface area contributed by atoms with Gasteiger partial charge in [0.25, 0.3) is 10.0 Å². The first kappa shape index (κ1) is 19.7. The minimum Gasteiger partial charge on any atom is -0.280 e. The van der Waals surface area contributed by atoms with Gasteiger partial charge in [0.1, 0.15) is 0 Å². The van der Waals surface area contributed by atoms with Gasteiger partial charge >= 0.3 is 0 Å². The first-order valence-electron chi connectivity index (χ1n) is 9.02. The zero-order valence-electron chi connectivity index (χ0n) is 15.5. The van der Waals surface area contributed by atoms with Crippen molar-refractivity contribution in [2.24, 2.45) is 0 Å². The lowest BCUT2D eigenvalue weighted by molar-refractivity contribution is 0.587. The van der Waals surface area contributed by atoms with Crippen LogP contribution in [0.15, 0.2) is 47.4 Å². The van der Waals surface area contributed by atoms with E-state index in [1.54, 1.807) is 49.4 Å². The molecule has 0 unspecified atom stereocenters. The largest absolute Gasteiger partial charge is 0.280 e. The normalized spacial score (nSPS) is 14.7. The minimum atomic E-state index is -3.69. The fraction of sp³-hybridized carbons (Fsp3) is 0.368. The molecule has 0 aliphatic carbocycles. The summed E-state index contributed by atoms with van der Waals surface area (Å²) in [6.07, 6.45) is 2.27. The van der Waals surface area contributed by atoms with E-state index in [-0.39, 0.29) is 10.6 Å². The molecular formula is C19H24N2O4S2. The number of benzene rings is 2. The molecule has 8 heteroatoms. The summed E-state index contributed by atoms with van der Waals surface area (Å²) in [5.41, 5.74) is 2.97. The van der Waals surface area contributed by atoms with Gasteiger partial charge < -0.3 is 0 Å². The molecule has 0 spiro atoms. The Hall–Kier alpha value is -2.06. The standard InChI is InChI=1S/C19H24N2O4S2/c1-3-15-7-10-18(11-8-15)27(24,25)20-17-9-12-19-16(14-17)6-5-13-21(19)26(22,23)4-2/h7-12,14,20H,3-6,13H2,1-2H3. The fourth-order valence-corrected chi connectivity index (χ4v) is 5.44. The van der Waals surface area contributed by atoms with Gasteiger partial charge in [-0.25, -0.2) is 16.8 Å². The predicted molar refractivity (Wildman–Crippen MR) is 108 cm³/mol. The second kappa shape index (κ2) is 7.52. The Balaban J connectivity index is 1.88. The smallest absolute Gasteiger partial charge is 0.261 e. The van der Waals surface area contributed by atoms with Crippen molar-refractivity contribution in [2.75, 3.05) is 21.3 Å². The number of hydrogen-bond acceptors (Lipinski definition) is 4. The van der Waals surface area contributed by atoms with Crippen molar-refractivity contribution in [3.8, 4) is 0 Å². The second-order valence-electron chi connectivity index (χ2n) is 6.52. The van der Waals surface area contributed by atoms with Crippen LogP contribution in [0.3, 0.4) is 0 Å². The molecule has 1 aliphatic heterocycles. The van der Waals surface area contributed by atoms with Crippen molar-refractivity contribution in [1.82, 2.24) is 0 Å². The van der Waals surface area contributed by atoms with Crippen LogP contribution in [-0.2, 0) is 32.9 Å². The summed E-state index contributed by atoms with van der Waals surface area (Å²) in [5, 5.41) is 0. The molecular weight excluding hydrogens is 384 g/mol. The van der Waals surface area contributed by atoms with E-state index in [1.807, 2.05) is 6.92 Å². The van der Waals surface area contributed by atoms with Crippen LogP contribution in [-0.4, -0.2) is 29.1 Å². The van der Waals surface area contributed by atoms with Crippen molar-refractivity contribution in [2.45, 2.75) is 38.0 Å². The molecule has 0 radical (unpaired) electrons. The summed E-state index contributed by atoms with van der Waals surface area (Å²) in [4.78, 5) is 0.201. The number of rotatable bonds is 6. The lowest BCUT2D eigenvalue weighted by atomic mass is 10.0. The molecule has 0 saturated heterocycles. The quantitative estimate of drug-likeness (QED) is 0.796. The third kappa shape index (κ3) is 4.11. The van der Waals surface area contributed by atoms with E-state index in [0.29, 0.717) is 30.8 Å². The summed E-state index contributed by atoms with van der Waals surface area (Å²) >= 11 is 0. The molecule has 0 aromatic heterocycles. The highest BCUT2D eigenvalue weighted by molar-refractivity contribution is 7.93. The van der Waals surface area contributed by atoms with Crippen LogP contribution in [0.25, 0.3) is 0 Å². The van der Waals surface area contributed by atoms with E-state index in [2.05, 4.69) is 4.72 Å². The van der Waals surface area contributed by atoms with Gasteiger partial charge in [0.2, 0.25) is 10.0 Å². The Morgan fingerprint density at radius 2 is 1.70 bits per heavy atom. The topological polar surface area (TPSA) is 83.6 Å². The van der Waals surface area contributed by atoms with E-state index < -0.39 is 20.0 Å². The summed E-state index contributed by atoms with van der Waals surface area (Å²) < 4.78 is 53.8. The zero-order chi connectivity index (χ0) is 19.7. The molecule has 0 atom stereocenters. The molecule has 1 N–H and O–H groups in total. The highest BCUT2D eigenvalue weighted by Gasteiger charge is 2.26. The Morgan fingerprint density at radius 3 is 2.33 bits per heavy atom. The van der Waals surface area contributed by atoms with Gasteiger partial charge in [-0.3, -0.25) is 9.03 Å². The number of anilines is 2. The number of sulfonamides is 2. The molecule has 1 heterocycles. The van der Waals surface area contributed by atoms with E-state index in [4.69, 9.17) is 0 Å². The number of aryl methyl sites for hydroxylation is 2. The van der Waals surface area contributed by atoms with Gasteiger partial charge in [-0.1, -0.05) is 19.1 Å². The Bertz CT molecular complexity index is 1030. The molecule has 27 heavy (non-hydrogen) atoms. The molecule has 0 fully saturated rings. The molecule has 146 valence electrons. The number of hydrogen-bond donors (Lipinski definition) is 1. The Morgan fingerprint density at radius 1 is 1.00 bits per heavy atom. The minimum absolute atomic E-state index is 0.0363. The fourth-order valence-electron chi connectivity index (χ4n) is 3.19. The lowest BCUT2D eigenvalue weighted by Crippen LogP contribution is -2.36. The molecule has 2 aromatic rings. The second-order valence-corrected chi connectivity index (χ2v) is 10.4. The molecule has 0 amide bonds. The van der Waals surface area contributed by atoms with Gasteiger partial charge in [-0.2, -0.15) is 0 Å². The van der Waals surface area contributed by atoms with Gasteiger partial charge in [-0.05, 0) is 67.6 Å². The van der Waals surface area contributed by atoms with Crippen LogP contribution in [0.2, 0.25) is 0 Å². The maximum Gasteiger partial charge on any atom is 0.261 e. The first-order valence-corrected chi connectivity index (χ1v) is 12.1. The third-order valence-corrected chi connectivity index (χ3v) is 7.93. The molecule has 2 aromatic carbocycles. The Labute approximate surface area is 161 Å². The molecule has 6 nitrogen and oxygen atoms in total. The number of fused-ring (bicyclic) bond motifs is 1. The van der Waals surface area contributed by atoms with Crippen LogP contribution in [0.4, 0.5) is 11.4 Å². The number of nitrogens with zero attached hydrogens (tertiary/aromatic N) is 1. The van der Waals surface area contributed by atoms with Crippen LogP contribution in [0, 0.1) is 0 Å². The molecule has 3 rings (SSSR count). The van der Waals surface area contributed by atoms with Crippen LogP contribution in [0.1, 0.15) is 31.4 Å².